The van der Waals surface area contributed by atoms with E-state index < -0.39 is 25.6 Å². The van der Waals surface area contributed by atoms with Crippen molar-refractivity contribution in [2.45, 2.75) is 104 Å². The SMILES string of the molecule is CN(C)c1ccc([PH]([Pd-]([Cl])[PH](c2ccc(N(C)C)cc2)(C(C)(C)C)C(C)(C)C)(C(C)(C)C)C(C)(C)C)cc1. The van der Waals surface area contributed by atoms with Crippen molar-refractivity contribution >= 4 is 42.4 Å². The zero-order valence-electron chi connectivity index (χ0n) is 27.2. The van der Waals surface area contributed by atoms with E-state index in [4.69, 9.17) is 9.53 Å². The summed E-state index contributed by atoms with van der Waals surface area (Å²) >= 11 is -1.68. The molecule has 0 bridgehead atoms. The van der Waals surface area contributed by atoms with E-state index in [1.165, 1.54) is 22.0 Å². The first-order chi connectivity index (χ1) is 17.0. The second kappa shape index (κ2) is 11.3. The second-order valence-electron chi connectivity index (χ2n) is 15.3. The predicted octanol–water partition coefficient (Wildman–Crippen LogP) is 9.07. The number of nitrogens with zero attached hydrogens (tertiary/aromatic N) is 2. The van der Waals surface area contributed by atoms with Gasteiger partial charge in [-0.3, -0.25) is 0 Å². The Morgan fingerprint density at radius 3 is 0.842 bits per heavy atom. The van der Waals surface area contributed by atoms with Crippen molar-refractivity contribution in [3.8, 4) is 0 Å². The Balaban J connectivity index is 3.15. The summed E-state index contributed by atoms with van der Waals surface area (Å²) in [6.07, 6.45) is 0. The summed E-state index contributed by atoms with van der Waals surface area (Å²) in [4.78, 5) is 4.40. The third-order valence-electron chi connectivity index (χ3n) is 7.89. The van der Waals surface area contributed by atoms with Crippen LogP contribution in [0.1, 0.15) is 83.1 Å². The van der Waals surface area contributed by atoms with Crippen LogP contribution in [0.4, 0.5) is 11.4 Å². The molecule has 0 aliphatic carbocycles. The number of hydrogen-bond donors (Lipinski definition) is 0. The Morgan fingerprint density at radius 1 is 0.474 bits per heavy atom. The summed E-state index contributed by atoms with van der Waals surface area (Å²) in [6, 6.07) is 19.1. The number of benzene rings is 2. The minimum absolute atomic E-state index is 0.0892. The van der Waals surface area contributed by atoms with Crippen LogP contribution >= 0.6 is 20.4 Å². The van der Waals surface area contributed by atoms with Gasteiger partial charge in [0.2, 0.25) is 0 Å². The van der Waals surface area contributed by atoms with Crippen molar-refractivity contribution in [2.24, 2.45) is 0 Å². The molecule has 0 unspecified atom stereocenters. The fraction of sp³-hybridized carbons (Fsp3) is 0.625. The molecule has 2 nitrogen and oxygen atoms in total. The van der Waals surface area contributed by atoms with Crippen LogP contribution in [0.25, 0.3) is 0 Å². The number of halogens is 1. The molecule has 0 saturated carbocycles. The topological polar surface area (TPSA) is 6.48 Å². The zero-order chi connectivity index (χ0) is 29.7. The molecular formula is C32H58ClN2P2Pd-. The maximum atomic E-state index is 8.56. The Kier molecular flexibility index (Phi) is 10.1. The van der Waals surface area contributed by atoms with Gasteiger partial charge in [-0.05, 0) is 0 Å². The van der Waals surface area contributed by atoms with E-state index in [0.717, 1.165) is 0 Å². The van der Waals surface area contributed by atoms with Crippen molar-refractivity contribution < 1.29 is 14.7 Å². The molecule has 0 radical (unpaired) electrons. The number of anilines is 2. The van der Waals surface area contributed by atoms with E-state index in [-0.39, 0.29) is 20.6 Å². The first-order valence-electron chi connectivity index (χ1n) is 13.8. The molecule has 0 heterocycles. The number of rotatable bonds is 6. The van der Waals surface area contributed by atoms with Crippen molar-refractivity contribution in [3.05, 3.63) is 48.5 Å². The molecular weight excluding hydrogens is 616 g/mol. The zero-order valence-corrected chi connectivity index (χ0v) is 31.5. The van der Waals surface area contributed by atoms with Gasteiger partial charge in [-0.1, -0.05) is 0 Å². The van der Waals surface area contributed by atoms with E-state index in [0.29, 0.717) is 0 Å². The molecule has 0 spiro atoms. The molecule has 0 aliphatic rings. The van der Waals surface area contributed by atoms with E-state index in [9.17, 15) is 0 Å². The Hall–Kier alpha value is -0.148. The first-order valence-corrected chi connectivity index (χ1v) is 24.1. The van der Waals surface area contributed by atoms with Gasteiger partial charge in [-0.25, -0.2) is 0 Å². The van der Waals surface area contributed by atoms with Gasteiger partial charge in [0.1, 0.15) is 0 Å². The van der Waals surface area contributed by atoms with Crippen LogP contribution < -0.4 is 20.4 Å². The fourth-order valence-corrected chi connectivity index (χ4v) is 79.0. The van der Waals surface area contributed by atoms with Gasteiger partial charge in [0.15, 0.2) is 0 Å². The quantitative estimate of drug-likeness (QED) is 0.223. The molecule has 0 aromatic heterocycles. The maximum absolute atomic E-state index is 8.56. The van der Waals surface area contributed by atoms with E-state index in [1.54, 1.807) is 0 Å². The monoisotopic (exact) mass is 673 g/mol. The summed E-state index contributed by atoms with van der Waals surface area (Å²) < 4.78 is 0. The molecule has 0 fully saturated rings. The van der Waals surface area contributed by atoms with Crippen molar-refractivity contribution in [2.75, 3.05) is 38.0 Å². The van der Waals surface area contributed by atoms with E-state index >= 15 is 0 Å². The van der Waals surface area contributed by atoms with Crippen LogP contribution in [0.5, 0.6) is 0 Å². The molecule has 0 amide bonds. The van der Waals surface area contributed by atoms with Crippen LogP contribution in [0, 0.1) is 0 Å². The summed E-state index contributed by atoms with van der Waals surface area (Å²) in [5, 5.41) is 3.43. The van der Waals surface area contributed by atoms with Crippen LogP contribution in [0.3, 0.4) is 0 Å². The Bertz CT molecular complexity index is 952. The van der Waals surface area contributed by atoms with Gasteiger partial charge in [0, 0.05) is 0 Å². The standard InChI is InChI=1S/2C16H28NP.ClH.Pd/c2*1-15(2,3)18(16(4,5)6)14-11-9-13(10-12-14)17(7)8;;/h2*9-12H,1-8H3;1H;/q;;;-2/p+1. The van der Waals surface area contributed by atoms with Gasteiger partial charge in [0.05, 0.1) is 0 Å². The van der Waals surface area contributed by atoms with Gasteiger partial charge in [0.25, 0.3) is 0 Å². The molecule has 2 aromatic carbocycles. The van der Waals surface area contributed by atoms with Crippen LogP contribution in [0.2, 0.25) is 0 Å². The molecule has 224 valence electrons. The average Bonchev–Trinajstić information content (AvgIpc) is 2.71. The summed E-state index contributed by atoms with van der Waals surface area (Å²) in [5.74, 6) is 0. The molecule has 0 atom stereocenters. The van der Waals surface area contributed by atoms with Crippen molar-refractivity contribution in [3.63, 3.8) is 0 Å². The van der Waals surface area contributed by atoms with Crippen molar-refractivity contribution in [1.82, 2.24) is 0 Å². The van der Waals surface area contributed by atoms with Gasteiger partial charge < -0.3 is 0 Å². The third-order valence-corrected chi connectivity index (χ3v) is 56.4. The predicted molar refractivity (Wildman–Crippen MR) is 182 cm³/mol. The molecule has 2 aromatic rings. The fourth-order valence-electron chi connectivity index (χ4n) is 7.11. The van der Waals surface area contributed by atoms with Gasteiger partial charge >= 0.3 is 247 Å². The normalized spacial score (nSPS) is 15.2. The first kappa shape index (κ1) is 34.1. The summed E-state index contributed by atoms with van der Waals surface area (Å²) in [6.45, 7) is 30.0. The Morgan fingerprint density at radius 2 is 0.684 bits per heavy atom. The summed E-state index contributed by atoms with van der Waals surface area (Å²) in [7, 11) is 17.1. The van der Waals surface area contributed by atoms with Crippen LogP contribution in [-0.4, -0.2) is 48.8 Å². The Labute approximate surface area is 246 Å². The molecule has 2 rings (SSSR count). The van der Waals surface area contributed by atoms with E-state index in [2.05, 4.69) is 170 Å². The number of hydrogen-bond acceptors (Lipinski definition) is 2. The van der Waals surface area contributed by atoms with E-state index in [1.807, 2.05) is 0 Å². The van der Waals surface area contributed by atoms with Gasteiger partial charge in [-0.15, -0.1) is 0 Å². The average molecular weight is 675 g/mol. The molecule has 0 N–H and O–H groups in total. The molecule has 0 saturated heterocycles. The third kappa shape index (κ3) is 5.64. The van der Waals surface area contributed by atoms with Crippen LogP contribution in [-0.2, 0) is 14.7 Å². The molecule has 0 aliphatic heterocycles. The molecule has 38 heavy (non-hydrogen) atoms. The minimum atomic E-state index is -2.39. The molecule has 6 heteroatoms. The van der Waals surface area contributed by atoms with Crippen molar-refractivity contribution in [1.29, 1.82) is 0 Å². The summed E-state index contributed by atoms with van der Waals surface area (Å²) in [5.41, 5.74) is -2.29. The second-order valence-corrected chi connectivity index (χ2v) is 42.3. The van der Waals surface area contributed by atoms with Crippen LogP contribution in [0.15, 0.2) is 48.5 Å². The van der Waals surface area contributed by atoms with Gasteiger partial charge in [-0.2, -0.15) is 0 Å².